The minimum absolute atomic E-state index is 0.211. The molecule has 35 heavy (non-hydrogen) atoms. The van der Waals surface area contributed by atoms with Crippen LogP contribution in [0, 0.1) is 11.6 Å². The Bertz CT molecular complexity index is 604. The van der Waals surface area contributed by atoms with Gasteiger partial charge in [-0.25, -0.2) is 8.78 Å². The number of halogens is 2. The third-order valence-corrected chi connectivity index (χ3v) is 8.27. The molecule has 0 fully saturated rings. The molecule has 0 atom stereocenters. The highest BCUT2D eigenvalue weighted by molar-refractivity contribution is 6.65. The molecule has 0 N–H and O–H groups in total. The van der Waals surface area contributed by atoms with Crippen molar-refractivity contribution < 1.29 is 17.6 Å². The summed E-state index contributed by atoms with van der Waals surface area (Å²) in [6.07, 6.45) is 27.4. The monoisotopic (exact) mass is 512 g/mol. The van der Waals surface area contributed by atoms with Crippen molar-refractivity contribution in [2.45, 2.75) is 148 Å². The van der Waals surface area contributed by atoms with E-state index in [0.717, 1.165) is 18.9 Å². The summed E-state index contributed by atoms with van der Waals surface area (Å²) in [5.74, 6) is -1.04. The van der Waals surface area contributed by atoms with Gasteiger partial charge in [0.2, 0.25) is 0 Å². The van der Waals surface area contributed by atoms with Gasteiger partial charge in [0.15, 0.2) is 0 Å². The van der Waals surface area contributed by atoms with Gasteiger partial charge >= 0.3 is 8.56 Å². The predicted octanol–water partition coefficient (Wildman–Crippen LogP) is 10.9. The third kappa shape index (κ3) is 19.9. The first-order valence-electron chi connectivity index (χ1n) is 14.7. The average Bonchev–Trinajstić information content (AvgIpc) is 2.79. The first kappa shape index (κ1) is 32.1. The smallest absolute Gasteiger partial charge is 0.392 e. The fraction of sp³-hybridized carbons (Fsp3) is 0.800. The van der Waals surface area contributed by atoms with Crippen LogP contribution >= 0.6 is 0 Å². The fourth-order valence-corrected chi connectivity index (χ4v) is 5.96. The molecule has 0 bridgehead atoms. The molecule has 0 aliphatic heterocycles. The van der Waals surface area contributed by atoms with Gasteiger partial charge in [-0.3, -0.25) is 0 Å². The summed E-state index contributed by atoms with van der Waals surface area (Å²) in [5.41, 5.74) is 0. The number of unbranched alkanes of at least 4 members (excludes halogenated alkanes) is 19. The lowest BCUT2D eigenvalue weighted by Crippen LogP contribution is -2.38. The molecule has 1 aromatic carbocycles. The van der Waals surface area contributed by atoms with E-state index >= 15 is 0 Å². The summed E-state index contributed by atoms with van der Waals surface area (Å²) in [6.45, 7) is 6.75. The van der Waals surface area contributed by atoms with Crippen molar-refractivity contribution in [1.82, 2.24) is 0 Å². The van der Waals surface area contributed by atoms with Crippen LogP contribution in [0.1, 0.15) is 135 Å². The lowest BCUT2D eigenvalue weighted by atomic mass is 10.0. The Hall–Kier alpha value is -0.943. The largest absolute Gasteiger partial charge is 0.520 e. The molecule has 2 nitrogen and oxygen atoms in total. The van der Waals surface area contributed by atoms with Gasteiger partial charge in [-0.15, -0.1) is 0 Å². The Labute approximate surface area is 216 Å². The van der Waals surface area contributed by atoms with Crippen molar-refractivity contribution in [1.29, 1.82) is 0 Å². The Kier molecular flexibility index (Phi) is 19.4. The second-order valence-electron chi connectivity index (χ2n) is 10.7. The van der Waals surface area contributed by atoms with E-state index in [1.807, 2.05) is 13.1 Å². The van der Waals surface area contributed by atoms with Crippen LogP contribution < -0.4 is 4.43 Å². The van der Waals surface area contributed by atoms with E-state index in [4.69, 9.17) is 8.85 Å². The molecule has 0 saturated carbocycles. The summed E-state index contributed by atoms with van der Waals surface area (Å²) in [5, 5.41) is 0. The molecular formula is C30H54F2O2Si. The highest BCUT2D eigenvalue weighted by Crippen LogP contribution is 2.20. The zero-order chi connectivity index (χ0) is 25.6. The van der Waals surface area contributed by atoms with Gasteiger partial charge in [-0.1, -0.05) is 129 Å². The Morgan fingerprint density at radius 2 is 0.886 bits per heavy atom. The van der Waals surface area contributed by atoms with Crippen LogP contribution in [-0.2, 0) is 4.43 Å². The summed E-state index contributed by atoms with van der Waals surface area (Å²) in [4.78, 5) is 0. The van der Waals surface area contributed by atoms with Crippen molar-refractivity contribution in [2.24, 2.45) is 0 Å². The van der Waals surface area contributed by atoms with Gasteiger partial charge in [0.05, 0.1) is 0 Å². The topological polar surface area (TPSA) is 18.5 Å². The minimum atomic E-state index is -2.44. The average molecular weight is 513 g/mol. The summed E-state index contributed by atoms with van der Waals surface area (Å²) in [7, 11) is -2.44. The fourth-order valence-electron chi connectivity index (χ4n) is 4.58. The van der Waals surface area contributed by atoms with E-state index in [9.17, 15) is 8.78 Å². The number of hydrogen-bond donors (Lipinski definition) is 0. The van der Waals surface area contributed by atoms with Crippen molar-refractivity contribution >= 4 is 8.56 Å². The summed E-state index contributed by atoms with van der Waals surface area (Å²) in [6, 6.07) is 3.26. The molecule has 0 aromatic heterocycles. The molecular weight excluding hydrogens is 458 g/mol. The Morgan fingerprint density at radius 3 is 1.26 bits per heavy atom. The minimum Gasteiger partial charge on any atom is -0.520 e. The van der Waals surface area contributed by atoms with Crippen molar-refractivity contribution in [3.8, 4) is 5.75 Å². The molecule has 0 saturated heterocycles. The van der Waals surface area contributed by atoms with Gasteiger partial charge in [-0.05, 0) is 19.5 Å². The standard InChI is InChI=1S/C30H54F2O2Si/c1-4-5-6-7-8-9-10-11-12-13-14-15-16-17-18-19-20-21-22-23-24-33-35(2,3)34-30-26-28(31)25-29(32)27-30/h25-27H,4-24H2,1-3H3. The van der Waals surface area contributed by atoms with Crippen LogP contribution in [0.5, 0.6) is 5.75 Å². The van der Waals surface area contributed by atoms with E-state index < -0.39 is 20.2 Å². The van der Waals surface area contributed by atoms with Gasteiger partial charge in [0.1, 0.15) is 17.4 Å². The quantitative estimate of drug-likeness (QED) is 0.101. The van der Waals surface area contributed by atoms with Gasteiger partial charge in [-0.2, -0.15) is 0 Å². The number of benzene rings is 1. The second kappa shape index (κ2) is 21.2. The maximum absolute atomic E-state index is 13.3. The van der Waals surface area contributed by atoms with Crippen LogP contribution in [0.15, 0.2) is 18.2 Å². The van der Waals surface area contributed by atoms with E-state index in [0.29, 0.717) is 6.61 Å². The highest BCUT2D eigenvalue weighted by atomic mass is 28.4. The molecule has 1 aromatic rings. The molecule has 1 rings (SSSR count). The number of hydrogen-bond acceptors (Lipinski definition) is 2. The van der Waals surface area contributed by atoms with Crippen LogP contribution in [0.2, 0.25) is 13.1 Å². The van der Waals surface area contributed by atoms with E-state index in [1.54, 1.807) is 0 Å². The van der Waals surface area contributed by atoms with Crippen molar-refractivity contribution in [3.63, 3.8) is 0 Å². The summed E-state index contributed by atoms with van der Waals surface area (Å²) < 4.78 is 38.3. The van der Waals surface area contributed by atoms with Crippen molar-refractivity contribution in [3.05, 3.63) is 29.8 Å². The lowest BCUT2D eigenvalue weighted by molar-refractivity contribution is 0.240. The van der Waals surface area contributed by atoms with Gasteiger partial charge in [0.25, 0.3) is 0 Å². The van der Waals surface area contributed by atoms with E-state index in [1.165, 1.54) is 128 Å². The Morgan fingerprint density at radius 1 is 0.543 bits per heavy atom. The van der Waals surface area contributed by atoms with Crippen molar-refractivity contribution in [2.75, 3.05) is 6.61 Å². The normalized spacial score (nSPS) is 11.8. The van der Waals surface area contributed by atoms with Crippen LogP contribution in [0.3, 0.4) is 0 Å². The zero-order valence-corrected chi connectivity index (χ0v) is 24.2. The second-order valence-corrected chi connectivity index (χ2v) is 14.0. The molecule has 0 spiro atoms. The van der Waals surface area contributed by atoms with Crippen LogP contribution in [0.25, 0.3) is 0 Å². The molecule has 5 heteroatoms. The number of rotatable bonds is 24. The predicted molar refractivity (Wildman–Crippen MR) is 148 cm³/mol. The molecule has 204 valence electrons. The SMILES string of the molecule is CCCCCCCCCCCCCCCCCCCCCCO[Si](C)(C)Oc1cc(F)cc(F)c1. The summed E-state index contributed by atoms with van der Waals surface area (Å²) >= 11 is 0. The highest BCUT2D eigenvalue weighted by Gasteiger charge is 2.27. The zero-order valence-electron chi connectivity index (χ0n) is 23.2. The van der Waals surface area contributed by atoms with Gasteiger partial charge < -0.3 is 8.85 Å². The molecule has 0 aliphatic carbocycles. The lowest BCUT2D eigenvalue weighted by Gasteiger charge is -2.24. The maximum atomic E-state index is 13.3. The van der Waals surface area contributed by atoms with Crippen LogP contribution in [0.4, 0.5) is 8.78 Å². The molecule has 0 unspecified atom stereocenters. The first-order chi connectivity index (χ1) is 16.9. The first-order valence-corrected chi connectivity index (χ1v) is 17.5. The molecule has 0 amide bonds. The van der Waals surface area contributed by atoms with E-state index in [2.05, 4.69) is 6.92 Å². The van der Waals surface area contributed by atoms with E-state index in [-0.39, 0.29) is 5.75 Å². The molecule has 0 radical (unpaired) electrons. The van der Waals surface area contributed by atoms with Gasteiger partial charge in [0, 0.05) is 24.8 Å². The maximum Gasteiger partial charge on any atom is 0.392 e. The Balaban J connectivity index is 1.82. The third-order valence-electron chi connectivity index (χ3n) is 6.65. The molecule has 0 aliphatic rings. The van der Waals surface area contributed by atoms with Crippen LogP contribution in [-0.4, -0.2) is 15.2 Å². The molecule has 0 heterocycles.